The number of fused-ring (bicyclic) bond motifs is 2. The van der Waals surface area contributed by atoms with E-state index in [0.29, 0.717) is 11.1 Å². The highest BCUT2D eigenvalue weighted by Crippen LogP contribution is 2.50. The van der Waals surface area contributed by atoms with Gasteiger partial charge in [-0.3, -0.25) is 14.4 Å². The van der Waals surface area contributed by atoms with Crippen LogP contribution in [-0.4, -0.2) is 44.2 Å². The van der Waals surface area contributed by atoms with Crippen LogP contribution in [0.1, 0.15) is 47.5 Å². The lowest BCUT2D eigenvalue weighted by Gasteiger charge is -2.44. The van der Waals surface area contributed by atoms with Crippen molar-refractivity contribution >= 4 is 23.2 Å². The normalized spacial score (nSPS) is 22.3. The van der Waals surface area contributed by atoms with Crippen molar-refractivity contribution in [2.45, 2.75) is 43.2 Å². The number of aliphatic carboxylic acids is 1. The molecule has 4 N–H and O–H groups in total. The molecule has 0 saturated heterocycles. The van der Waals surface area contributed by atoms with E-state index in [2.05, 4.69) is 15.3 Å². The number of para-hydroxylation sites is 1. The van der Waals surface area contributed by atoms with Crippen LogP contribution in [-0.2, 0) is 9.59 Å². The van der Waals surface area contributed by atoms with Crippen molar-refractivity contribution in [3.63, 3.8) is 0 Å². The smallest absolute Gasteiger partial charge is 0.324 e. The number of carboxylic acid groups (broad SMARTS) is 1. The molecule has 1 aliphatic carbocycles. The third-order valence-electron chi connectivity index (χ3n) is 7.31. The van der Waals surface area contributed by atoms with E-state index in [0.717, 1.165) is 30.5 Å². The summed E-state index contributed by atoms with van der Waals surface area (Å²) in [7, 11) is 0. The number of benzene rings is 2. The molecule has 0 bridgehead atoms. The van der Waals surface area contributed by atoms with Gasteiger partial charge in [0.2, 0.25) is 11.6 Å². The van der Waals surface area contributed by atoms with E-state index in [9.17, 15) is 19.5 Å². The van der Waals surface area contributed by atoms with E-state index in [1.54, 1.807) is 36.7 Å². The Bertz CT molecular complexity index is 1300. The molecule has 1 aromatic heterocycles. The number of hydrogen-bond donors (Lipinski definition) is 3. The molecule has 2 aromatic carbocycles. The van der Waals surface area contributed by atoms with Gasteiger partial charge in [-0.05, 0) is 42.0 Å². The van der Waals surface area contributed by atoms with Gasteiger partial charge >= 0.3 is 5.97 Å². The number of Topliss-reactive ketones (excluding diaryl/α,β-unsaturated/α-hetero) is 2. The van der Waals surface area contributed by atoms with Crippen LogP contribution in [0.5, 0.6) is 0 Å². The summed E-state index contributed by atoms with van der Waals surface area (Å²) in [5.74, 6) is -3.47. The van der Waals surface area contributed by atoms with E-state index in [4.69, 9.17) is 5.73 Å². The highest BCUT2D eigenvalue weighted by molar-refractivity contribution is 6.44. The van der Waals surface area contributed by atoms with E-state index < -0.39 is 35.4 Å². The second kappa shape index (κ2) is 9.03. The molecule has 4 unspecified atom stereocenters. The number of aromatic nitrogens is 2. The Hall–Kier alpha value is -3.91. The monoisotopic (exact) mass is 470 g/mol. The molecule has 8 nitrogen and oxygen atoms in total. The summed E-state index contributed by atoms with van der Waals surface area (Å²) in [4.78, 5) is 47.0. The van der Waals surface area contributed by atoms with Crippen LogP contribution in [0.15, 0.2) is 67.3 Å². The number of carboxylic acids is 1. The fraction of sp³-hybridized carbons (Fsp3) is 0.296. The first-order valence-corrected chi connectivity index (χ1v) is 11.7. The average molecular weight is 471 g/mol. The summed E-state index contributed by atoms with van der Waals surface area (Å²) in [6.07, 6.45) is 6.72. The van der Waals surface area contributed by atoms with Crippen molar-refractivity contribution in [1.82, 2.24) is 9.97 Å². The molecule has 3 aromatic rings. The highest BCUT2D eigenvalue weighted by atomic mass is 16.4. The van der Waals surface area contributed by atoms with Crippen molar-refractivity contribution < 1.29 is 19.5 Å². The molecule has 5 rings (SSSR count). The summed E-state index contributed by atoms with van der Waals surface area (Å²) in [6.45, 7) is 0. The average Bonchev–Trinajstić information content (AvgIpc) is 3.35. The quantitative estimate of drug-likeness (QED) is 0.353. The Labute approximate surface area is 202 Å². The van der Waals surface area contributed by atoms with Crippen LogP contribution in [0.25, 0.3) is 11.1 Å². The van der Waals surface area contributed by atoms with Crippen LogP contribution in [0, 0.1) is 5.92 Å². The minimum Gasteiger partial charge on any atom is -0.480 e. The fourth-order valence-corrected chi connectivity index (χ4v) is 5.67. The van der Waals surface area contributed by atoms with Crippen LogP contribution < -0.4 is 11.1 Å². The largest absolute Gasteiger partial charge is 0.480 e. The van der Waals surface area contributed by atoms with Crippen molar-refractivity contribution in [2.75, 3.05) is 5.32 Å². The summed E-state index contributed by atoms with van der Waals surface area (Å²) in [5.41, 5.74) is 7.88. The summed E-state index contributed by atoms with van der Waals surface area (Å²) in [6, 6.07) is 14.2. The minimum absolute atomic E-state index is 0.0321. The van der Waals surface area contributed by atoms with Crippen molar-refractivity contribution in [1.29, 1.82) is 0 Å². The number of nitrogens with two attached hydrogens (primary N) is 1. The molecule has 1 fully saturated rings. The van der Waals surface area contributed by atoms with E-state index in [1.807, 2.05) is 24.3 Å². The summed E-state index contributed by atoms with van der Waals surface area (Å²) >= 11 is 0. The Morgan fingerprint density at radius 2 is 1.80 bits per heavy atom. The molecular formula is C27H26N4O4. The van der Waals surface area contributed by atoms with E-state index in [-0.39, 0.29) is 17.5 Å². The van der Waals surface area contributed by atoms with Crippen LogP contribution >= 0.6 is 0 Å². The number of carbonyl (C=O) groups excluding carboxylic acids is 2. The molecule has 2 heterocycles. The molecular weight excluding hydrogens is 444 g/mol. The van der Waals surface area contributed by atoms with Gasteiger partial charge in [0.15, 0.2) is 0 Å². The Kier molecular flexibility index (Phi) is 5.90. The maximum Gasteiger partial charge on any atom is 0.324 e. The first-order chi connectivity index (χ1) is 16.9. The van der Waals surface area contributed by atoms with Gasteiger partial charge in [0.1, 0.15) is 11.9 Å². The van der Waals surface area contributed by atoms with E-state index >= 15 is 0 Å². The summed E-state index contributed by atoms with van der Waals surface area (Å²) in [5, 5.41) is 13.8. The second-order valence-electron chi connectivity index (χ2n) is 9.39. The third-order valence-corrected chi connectivity index (χ3v) is 7.31. The fourth-order valence-electron chi connectivity index (χ4n) is 5.67. The zero-order valence-corrected chi connectivity index (χ0v) is 19.1. The number of carbonyl (C=O) groups is 3. The van der Waals surface area contributed by atoms with Crippen LogP contribution in [0.4, 0.5) is 5.69 Å². The number of ketones is 2. The SMILES string of the molecule is NC(CC(=O)C(=O)c1cccc(-c2cncnc2)c1)(C(=O)O)C1c2ccccc2NC2CCCC21. The van der Waals surface area contributed by atoms with Crippen molar-refractivity contribution in [3.8, 4) is 11.1 Å². The number of nitrogens with zero attached hydrogens (tertiary/aromatic N) is 2. The lowest BCUT2D eigenvalue weighted by atomic mass is 9.66. The molecule has 8 heteroatoms. The van der Waals surface area contributed by atoms with Gasteiger partial charge in [0.05, 0.1) is 0 Å². The van der Waals surface area contributed by atoms with Crippen LogP contribution in [0.2, 0.25) is 0 Å². The Morgan fingerprint density at radius 3 is 2.57 bits per heavy atom. The lowest BCUT2D eigenvalue weighted by molar-refractivity contribution is -0.146. The number of rotatable bonds is 7. The number of anilines is 1. The van der Waals surface area contributed by atoms with Gasteiger partial charge in [0.25, 0.3) is 0 Å². The molecule has 178 valence electrons. The van der Waals surface area contributed by atoms with Gasteiger partial charge in [-0.1, -0.05) is 42.8 Å². The molecule has 0 amide bonds. The molecule has 1 saturated carbocycles. The molecule has 35 heavy (non-hydrogen) atoms. The van der Waals surface area contributed by atoms with Gasteiger partial charge < -0.3 is 16.2 Å². The Balaban J connectivity index is 1.46. The maximum absolute atomic E-state index is 13.2. The topological polar surface area (TPSA) is 135 Å². The molecule has 2 aliphatic rings. The Morgan fingerprint density at radius 1 is 1.03 bits per heavy atom. The lowest BCUT2D eigenvalue weighted by Crippen LogP contribution is -2.59. The molecule has 0 spiro atoms. The first kappa shape index (κ1) is 22.9. The molecule has 1 aliphatic heterocycles. The number of nitrogens with one attached hydrogen (secondary N) is 1. The van der Waals surface area contributed by atoms with Crippen molar-refractivity contribution in [3.05, 3.63) is 78.4 Å². The predicted octanol–water partition coefficient (Wildman–Crippen LogP) is 3.45. The maximum atomic E-state index is 13.2. The molecule has 4 atom stereocenters. The van der Waals surface area contributed by atoms with Gasteiger partial charge in [0, 0.05) is 47.6 Å². The highest BCUT2D eigenvalue weighted by Gasteiger charge is 2.53. The van der Waals surface area contributed by atoms with Gasteiger partial charge in [-0.2, -0.15) is 0 Å². The van der Waals surface area contributed by atoms with Crippen molar-refractivity contribution in [2.24, 2.45) is 11.7 Å². The molecule has 0 radical (unpaired) electrons. The zero-order valence-electron chi connectivity index (χ0n) is 19.1. The minimum atomic E-state index is -1.91. The first-order valence-electron chi connectivity index (χ1n) is 11.7. The van der Waals surface area contributed by atoms with Gasteiger partial charge in [-0.25, -0.2) is 9.97 Å². The zero-order chi connectivity index (χ0) is 24.6. The van der Waals surface area contributed by atoms with Crippen LogP contribution in [0.3, 0.4) is 0 Å². The number of hydrogen-bond acceptors (Lipinski definition) is 7. The standard InChI is InChI=1S/C27H26N4O4/c28-27(26(34)35,24-19-7-1-2-9-21(19)31-22-10-4-8-20(22)24)12-23(32)25(33)17-6-3-5-16(11-17)18-13-29-15-30-14-18/h1-3,5-7,9,11,13-15,20,22,24,31H,4,8,10,12,28H2,(H,34,35). The van der Waals surface area contributed by atoms with E-state index in [1.165, 1.54) is 6.33 Å². The second-order valence-corrected chi connectivity index (χ2v) is 9.39. The van der Waals surface area contributed by atoms with Gasteiger partial charge in [-0.15, -0.1) is 0 Å². The third kappa shape index (κ3) is 4.10. The predicted molar refractivity (Wildman–Crippen MR) is 130 cm³/mol. The summed E-state index contributed by atoms with van der Waals surface area (Å²) < 4.78 is 0.